The number of carbonyl (C=O) groups excluding carboxylic acids is 2. The van der Waals surface area contributed by atoms with Crippen LogP contribution in [0.3, 0.4) is 0 Å². The van der Waals surface area contributed by atoms with E-state index in [1.165, 1.54) is 27.1 Å². The Labute approximate surface area is 182 Å². The van der Waals surface area contributed by atoms with Crippen LogP contribution in [0.25, 0.3) is 11.0 Å². The highest BCUT2D eigenvalue weighted by molar-refractivity contribution is 7.92. The normalized spacial score (nSPS) is 17.7. The minimum atomic E-state index is -3.64. The summed E-state index contributed by atoms with van der Waals surface area (Å²) in [5, 5.41) is 2.87. The number of Topliss-reactive ketones (excluding diaryl/α,β-unsaturated/α-hetero) is 1. The van der Waals surface area contributed by atoms with Crippen molar-refractivity contribution in [1.82, 2.24) is 5.32 Å². The van der Waals surface area contributed by atoms with Gasteiger partial charge in [0.15, 0.2) is 11.5 Å². The molecule has 31 heavy (non-hydrogen) atoms. The first kappa shape index (κ1) is 23.3. The number of benzene rings is 1. The number of rotatable bonds is 5. The molecule has 0 unspecified atom stereocenters. The number of sulfonamides is 1. The van der Waals surface area contributed by atoms with Crippen molar-refractivity contribution in [1.29, 1.82) is 0 Å². The van der Waals surface area contributed by atoms with E-state index in [1.54, 1.807) is 6.07 Å². The first-order valence-electron chi connectivity index (χ1n) is 9.73. The lowest BCUT2D eigenvalue weighted by Crippen LogP contribution is -2.41. The Bertz CT molecular complexity index is 1170. The van der Waals surface area contributed by atoms with Crippen LogP contribution in [0.4, 0.5) is 5.69 Å². The minimum absolute atomic E-state index is 0.0799. The lowest BCUT2D eigenvalue weighted by molar-refractivity contribution is 0.00578. The molecule has 0 bridgehead atoms. The zero-order valence-corrected chi connectivity index (χ0v) is 19.8. The number of nitrogens with one attached hydrogen (secondary N) is 1. The van der Waals surface area contributed by atoms with Gasteiger partial charge < -0.3 is 19.0 Å². The zero-order chi connectivity index (χ0) is 23.5. The van der Waals surface area contributed by atoms with Gasteiger partial charge in [-0.2, -0.15) is 0 Å². The van der Waals surface area contributed by atoms with Crippen LogP contribution in [0.2, 0.25) is 0 Å². The second kappa shape index (κ2) is 7.35. The van der Waals surface area contributed by atoms with E-state index in [-0.39, 0.29) is 22.6 Å². The number of carbonyl (C=O) groups is 2. The summed E-state index contributed by atoms with van der Waals surface area (Å²) in [6.07, 6.45) is 1.07. The highest BCUT2D eigenvalue weighted by Gasteiger charge is 2.52. The average molecular weight is 450 g/mol. The molecule has 3 rings (SSSR count). The second-order valence-corrected chi connectivity index (χ2v) is 10.7. The predicted molar refractivity (Wildman–Crippen MR) is 119 cm³/mol. The molecule has 168 valence electrons. The first-order chi connectivity index (χ1) is 14.1. The Kier molecular flexibility index (Phi) is 5.53. The van der Waals surface area contributed by atoms with Crippen LogP contribution >= 0.6 is 0 Å². The van der Waals surface area contributed by atoms with Gasteiger partial charge in [-0.3, -0.25) is 13.9 Å². The molecule has 11 heteroatoms. The van der Waals surface area contributed by atoms with Gasteiger partial charge in [-0.05, 0) is 33.8 Å². The van der Waals surface area contributed by atoms with E-state index in [0.29, 0.717) is 10.8 Å². The quantitative estimate of drug-likeness (QED) is 0.545. The molecular weight excluding hydrogens is 423 g/mol. The molecule has 1 saturated heterocycles. The van der Waals surface area contributed by atoms with E-state index in [9.17, 15) is 18.0 Å². The van der Waals surface area contributed by atoms with Gasteiger partial charge in [0.05, 0.1) is 28.7 Å². The molecule has 0 spiro atoms. The molecule has 0 aliphatic carbocycles. The molecule has 1 amide bonds. The van der Waals surface area contributed by atoms with Crippen molar-refractivity contribution >= 4 is 51.0 Å². The third-order valence-electron chi connectivity index (χ3n) is 5.96. The Morgan fingerprint density at radius 2 is 1.65 bits per heavy atom. The summed E-state index contributed by atoms with van der Waals surface area (Å²) in [5.74, 6) is -1.02. The molecular formula is C20H27BN2O7S. The van der Waals surface area contributed by atoms with Crippen molar-refractivity contribution in [2.24, 2.45) is 0 Å². The number of ketones is 1. The van der Waals surface area contributed by atoms with Gasteiger partial charge in [0.1, 0.15) is 5.58 Å². The summed E-state index contributed by atoms with van der Waals surface area (Å²) in [5.41, 5.74) is -0.386. The maximum absolute atomic E-state index is 12.5. The number of anilines is 1. The summed E-state index contributed by atoms with van der Waals surface area (Å²) >= 11 is 0. The molecule has 0 atom stereocenters. The van der Waals surface area contributed by atoms with Gasteiger partial charge in [0.2, 0.25) is 10.0 Å². The van der Waals surface area contributed by atoms with E-state index in [1.807, 2.05) is 27.7 Å². The maximum atomic E-state index is 12.5. The monoisotopic (exact) mass is 450 g/mol. The van der Waals surface area contributed by atoms with E-state index in [2.05, 4.69) is 5.32 Å². The molecule has 2 aromatic rings. The Hall–Kier alpha value is -2.37. The third kappa shape index (κ3) is 3.86. The molecule has 1 aliphatic rings. The topological polar surface area (TPSA) is 115 Å². The van der Waals surface area contributed by atoms with Crippen LogP contribution in [-0.4, -0.2) is 58.8 Å². The molecule has 0 radical (unpaired) electrons. The lowest BCUT2D eigenvalue weighted by atomic mass is 9.77. The molecule has 1 aromatic carbocycles. The fourth-order valence-corrected chi connectivity index (χ4v) is 3.87. The van der Waals surface area contributed by atoms with E-state index in [4.69, 9.17) is 13.7 Å². The van der Waals surface area contributed by atoms with Gasteiger partial charge in [-0.25, -0.2) is 8.42 Å². The van der Waals surface area contributed by atoms with Gasteiger partial charge in [-0.1, -0.05) is 0 Å². The lowest BCUT2D eigenvalue weighted by Gasteiger charge is -2.32. The second-order valence-electron chi connectivity index (χ2n) is 8.67. The number of hydrogen-bond acceptors (Lipinski definition) is 7. The number of hydrogen-bond donors (Lipinski definition) is 1. The maximum Gasteiger partial charge on any atom is 0.497 e. The summed E-state index contributed by atoms with van der Waals surface area (Å²) in [6, 6.07) is 3.07. The van der Waals surface area contributed by atoms with Crippen molar-refractivity contribution in [3.63, 3.8) is 0 Å². The van der Waals surface area contributed by atoms with Crippen molar-refractivity contribution in [2.45, 2.75) is 45.8 Å². The molecule has 1 fully saturated rings. The SMILES string of the molecule is CNC(=O)c1c(C(C)=O)oc2cc(N(C)S(C)(=O)=O)c(B3OC(C)(C)C(C)(C)O3)cc12. The first-order valence-corrected chi connectivity index (χ1v) is 11.6. The van der Waals surface area contributed by atoms with Crippen LogP contribution in [0.15, 0.2) is 16.5 Å². The number of furan rings is 1. The van der Waals surface area contributed by atoms with Crippen LogP contribution in [0, 0.1) is 0 Å². The molecule has 9 nitrogen and oxygen atoms in total. The van der Waals surface area contributed by atoms with Crippen LogP contribution in [0.5, 0.6) is 0 Å². The highest BCUT2D eigenvalue weighted by Crippen LogP contribution is 2.38. The Balaban J connectivity index is 2.35. The summed E-state index contributed by atoms with van der Waals surface area (Å²) in [6.45, 7) is 8.82. The van der Waals surface area contributed by atoms with Gasteiger partial charge in [-0.15, -0.1) is 0 Å². The molecule has 1 aliphatic heterocycles. The molecule has 1 aromatic heterocycles. The minimum Gasteiger partial charge on any atom is -0.452 e. The predicted octanol–water partition coefficient (Wildman–Crippen LogP) is 1.69. The molecule has 2 heterocycles. The summed E-state index contributed by atoms with van der Waals surface area (Å²) < 4.78 is 43.7. The fraction of sp³-hybridized carbons (Fsp3) is 0.500. The van der Waals surface area contributed by atoms with E-state index in [0.717, 1.165) is 10.6 Å². The van der Waals surface area contributed by atoms with E-state index >= 15 is 0 Å². The van der Waals surface area contributed by atoms with Gasteiger partial charge >= 0.3 is 7.12 Å². The molecule has 0 saturated carbocycles. The van der Waals surface area contributed by atoms with E-state index < -0.39 is 40.0 Å². The van der Waals surface area contributed by atoms with Crippen LogP contribution in [-0.2, 0) is 19.3 Å². The van der Waals surface area contributed by atoms with Crippen molar-refractivity contribution < 1.29 is 31.7 Å². The highest BCUT2D eigenvalue weighted by atomic mass is 32.2. The van der Waals surface area contributed by atoms with Gasteiger partial charge in [0.25, 0.3) is 5.91 Å². The van der Waals surface area contributed by atoms with Gasteiger partial charge in [0, 0.05) is 37.9 Å². The smallest absolute Gasteiger partial charge is 0.452 e. The number of fused-ring (bicyclic) bond motifs is 1. The molecule has 1 N–H and O–H groups in total. The average Bonchev–Trinajstić information content (AvgIpc) is 3.12. The number of amides is 1. The van der Waals surface area contributed by atoms with Crippen molar-refractivity contribution in [2.75, 3.05) is 24.7 Å². The largest absolute Gasteiger partial charge is 0.497 e. The zero-order valence-electron chi connectivity index (χ0n) is 18.9. The third-order valence-corrected chi connectivity index (χ3v) is 7.15. The standard InChI is InChI=1S/C20H27BN2O7S/c1-11(24)17-16(18(25)22-6)12-9-13(21-29-19(2,3)20(4,5)30-21)14(10-15(12)28-17)23(7)31(8,26)27/h9-10H,1-8H3,(H,22,25). The van der Waals surface area contributed by atoms with Crippen LogP contribution in [0.1, 0.15) is 55.5 Å². The Morgan fingerprint density at radius 1 is 1.10 bits per heavy atom. The number of nitrogens with zero attached hydrogens (tertiary/aromatic N) is 1. The van der Waals surface area contributed by atoms with Crippen LogP contribution < -0.4 is 15.1 Å². The fourth-order valence-electron chi connectivity index (χ4n) is 3.36. The summed E-state index contributed by atoms with van der Waals surface area (Å²) in [4.78, 5) is 24.7. The van der Waals surface area contributed by atoms with Crippen molar-refractivity contribution in [3.8, 4) is 0 Å². The Morgan fingerprint density at radius 3 is 2.10 bits per heavy atom. The summed E-state index contributed by atoms with van der Waals surface area (Å²) in [7, 11) is -1.69. The van der Waals surface area contributed by atoms with Crippen molar-refractivity contribution in [3.05, 3.63) is 23.5 Å².